The zero-order valence-electron chi connectivity index (χ0n) is 20.4. The number of hydrogen-bond donors (Lipinski definition) is 3. The number of amides is 2. The third-order valence-electron chi connectivity index (χ3n) is 6.89. The molecule has 0 aliphatic carbocycles. The maximum absolute atomic E-state index is 13.6. The Hall–Kier alpha value is -4.30. The van der Waals surface area contributed by atoms with Crippen LogP contribution in [-0.4, -0.2) is 35.1 Å². The number of aliphatic hydroxyl groups is 1. The predicted octanol–water partition coefficient (Wildman–Crippen LogP) is 3.81. The van der Waals surface area contributed by atoms with Gasteiger partial charge in [0, 0.05) is 16.7 Å². The largest absolute Gasteiger partial charge is 0.489 e. The smallest absolute Gasteiger partial charge is 0.251 e. The van der Waals surface area contributed by atoms with Gasteiger partial charge in [-0.15, -0.1) is 0 Å². The fourth-order valence-corrected chi connectivity index (χ4v) is 4.44. The minimum absolute atomic E-state index is 0.0117. The van der Waals surface area contributed by atoms with E-state index >= 15 is 0 Å². The molecule has 1 aliphatic heterocycles. The molecule has 2 atom stereocenters. The van der Waals surface area contributed by atoms with Gasteiger partial charge in [0.1, 0.15) is 34.9 Å². The van der Waals surface area contributed by atoms with Crippen LogP contribution in [0.15, 0.2) is 72.8 Å². The highest BCUT2D eigenvalue weighted by molar-refractivity contribution is 5.98. The molecule has 188 valence electrons. The van der Waals surface area contributed by atoms with Crippen molar-refractivity contribution in [3.63, 3.8) is 0 Å². The number of fused-ring (bicyclic) bond motifs is 2. The Labute approximate surface area is 213 Å². The van der Waals surface area contributed by atoms with Crippen molar-refractivity contribution in [2.45, 2.75) is 24.9 Å². The molecular formula is C29H26FN3O4. The second-order valence-electron chi connectivity index (χ2n) is 9.74. The summed E-state index contributed by atoms with van der Waals surface area (Å²) in [5.41, 5.74) is 4.98. The molecule has 2 amide bonds. The van der Waals surface area contributed by atoms with Crippen molar-refractivity contribution in [2.24, 2.45) is 5.73 Å². The summed E-state index contributed by atoms with van der Waals surface area (Å²) >= 11 is 0. The summed E-state index contributed by atoms with van der Waals surface area (Å²) in [7, 11) is 0. The van der Waals surface area contributed by atoms with Crippen LogP contribution in [0.25, 0.3) is 22.0 Å². The molecular weight excluding hydrogens is 473 g/mol. The highest BCUT2D eigenvalue weighted by Crippen LogP contribution is 2.45. The van der Waals surface area contributed by atoms with E-state index in [1.54, 1.807) is 37.3 Å². The van der Waals surface area contributed by atoms with Gasteiger partial charge >= 0.3 is 0 Å². The fraction of sp³-hybridized carbons (Fsp3) is 0.207. The number of halogens is 1. The van der Waals surface area contributed by atoms with Crippen molar-refractivity contribution in [1.29, 1.82) is 0 Å². The highest BCUT2D eigenvalue weighted by atomic mass is 19.1. The van der Waals surface area contributed by atoms with Gasteiger partial charge in [0.2, 0.25) is 5.91 Å². The predicted molar refractivity (Wildman–Crippen MR) is 138 cm³/mol. The van der Waals surface area contributed by atoms with E-state index in [9.17, 15) is 19.1 Å². The Morgan fingerprint density at radius 2 is 1.81 bits per heavy atom. The van der Waals surface area contributed by atoms with Gasteiger partial charge in [-0.3, -0.25) is 9.59 Å². The number of hydrogen-bond acceptors (Lipinski definition) is 5. The molecule has 0 saturated carbocycles. The van der Waals surface area contributed by atoms with Gasteiger partial charge in [0.15, 0.2) is 0 Å². The van der Waals surface area contributed by atoms with E-state index in [-0.39, 0.29) is 24.8 Å². The van der Waals surface area contributed by atoms with Gasteiger partial charge in [0.05, 0.1) is 12.2 Å². The van der Waals surface area contributed by atoms with Crippen LogP contribution in [0.4, 0.5) is 4.39 Å². The molecule has 0 bridgehead atoms. The molecule has 1 aromatic heterocycles. The maximum atomic E-state index is 13.6. The Balaban J connectivity index is 1.49. The van der Waals surface area contributed by atoms with Crippen molar-refractivity contribution >= 4 is 22.6 Å². The number of carbonyl (C=O) groups is 2. The number of carbonyl (C=O) groups excluding carboxylic acids is 2. The summed E-state index contributed by atoms with van der Waals surface area (Å²) in [6.07, 6.45) is 0. The number of aromatic nitrogens is 1. The quantitative estimate of drug-likeness (QED) is 0.373. The zero-order chi connectivity index (χ0) is 26.4. The van der Waals surface area contributed by atoms with E-state index in [2.05, 4.69) is 10.3 Å². The van der Waals surface area contributed by atoms with Crippen LogP contribution < -0.4 is 15.8 Å². The average Bonchev–Trinajstić information content (AvgIpc) is 3.25. The molecule has 0 spiro atoms. The van der Waals surface area contributed by atoms with Gasteiger partial charge in [0.25, 0.3) is 5.91 Å². The standard InChI is InChI=1S/C29H26FN3O4/c1-28(27(31)35)16-37-25-22(28)14-23(33-24(25)18-9-11-21(30)12-10-18)29(2,36)15-32-26(34)20-8-7-17-5-3-4-6-19(17)13-20/h3-14,36H,15-16H2,1-2H3,(H2,31,35)(H,32,34)/t28-,29-/m0/s1. The average molecular weight is 500 g/mol. The van der Waals surface area contributed by atoms with Gasteiger partial charge in [-0.25, -0.2) is 9.37 Å². The first-order chi connectivity index (χ1) is 17.6. The number of nitrogens with one attached hydrogen (secondary N) is 1. The van der Waals surface area contributed by atoms with Gasteiger partial charge in [-0.2, -0.15) is 0 Å². The van der Waals surface area contributed by atoms with Gasteiger partial charge in [-0.1, -0.05) is 30.3 Å². The molecule has 0 fully saturated rings. The molecule has 7 nitrogen and oxygen atoms in total. The van der Waals surface area contributed by atoms with Crippen LogP contribution in [0.2, 0.25) is 0 Å². The second kappa shape index (κ2) is 8.97. The van der Waals surface area contributed by atoms with E-state index in [1.165, 1.54) is 19.1 Å². The Bertz CT molecular complexity index is 1530. The second-order valence-corrected chi connectivity index (χ2v) is 9.74. The minimum atomic E-state index is -1.61. The molecule has 0 unspecified atom stereocenters. The third-order valence-corrected chi connectivity index (χ3v) is 6.89. The fourth-order valence-electron chi connectivity index (χ4n) is 4.44. The molecule has 3 aromatic carbocycles. The monoisotopic (exact) mass is 499 g/mol. The molecule has 0 saturated heterocycles. The number of benzene rings is 3. The van der Waals surface area contributed by atoms with E-state index in [0.29, 0.717) is 28.1 Å². The summed E-state index contributed by atoms with van der Waals surface area (Å²) in [6, 6.07) is 20.3. The molecule has 4 N–H and O–H groups in total. The Morgan fingerprint density at radius 1 is 1.11 bits per heavy atom. The molecule has 2 heterocycles. The lowest BCUT2D eigenvalue weighted by atomic mass is 9.82. The van der Waals surface area contributed by atoms with Crippen molar-refractivity contribution in [3.8, 4) is 17.0 Å². The first-order valence-corrected chi connectivity index (χ1v) is 11.8. The third kappa shape index (κ3) is 4.40. The lowest BCUT2D eigenvalue weighted by Crippen LogP contribution is -2.41. The first-order valence-electron chi connectivity index (χ1n) is 11.8. The van der Waals surface area contributed by atoms with Crippen molar-refractivity contribution in [1.82, 2.24) is 10.3 Å². The summed E-state index contributed by atoms with van der Waals surface area (Å²) in [4.78, 5) is 29.9. The summed E-state index contributed by atoms with van der Waals surface area (Å²) in [5.74, 6) is -0.996. The summed E-state index contributed by atoms with van der Waals surface area (Å²) in [6.45, 7) is 3.04. The minimum Gasteiger partial charge on any atom is -0.489 e. The number of rotatable bonds is 6. The zero-order valence-corrected chi connectivity index (χ0v) is 20.4. The number of pyridine rings is 1. The Kier molecular flexibility index (Phi) is 5.92. The molecule has 4 aromatic rings. The van der Waals surface area contributed by atoms with E-state index < -0.39 is 22.7 Å². The molecule has 0 radical (unpaired) electrons. The molecule has 8 heteroatoms. The van der Waals surface area contributed by atoms with E-state index in [0.717, 1.165) is 10.8 Å². The van der Waals surface area contributed by atoms with Gasteiger partial charge in [-0.05, 0) is 67.1 Å². The summed E-state index contributed by atoms with van der Waals surface area (Å²) < 4.78 is 19.4. The van der Waals surface area contributed by atoms with Crippen LogP contribution in [0, 0.1) is 5.82 Å². The van der Waals surface area contributed by atoms with Crippen molar-refractivity contribution in [2.75, 3.05) is 13.2 Å². The SMILES string of the molecule is C[C@](O)(CNC(=O)c1ccc2ccccc2c1)c1cc2c(c(-c3ccc(F)cc3)n1)OC[C@]2(C)C(N)=O. The number of ether oxygens (including phenoxy) is 1. The number of nitrogens with two attached hydrogens (primary N) is 1. The van der Waals surface area contributed by atoms with Crippen LogP contribution in [0.3, 0.4) is 0 Å². The lowest BCUT2D eigenvalue weighted by molar-refractivity contribution is -0.123. The molecule has 1 aliphatic rings. The van der Waals surface area contributed by atoms with Crippen LogP contribution >= 0.6 is 0 Å². The number of nitrogens with zero attached hydrogens (tertiary/aromatic N) is 1. The summed E-state index contributed by atoms with van der Waals surface area (Å²) in [5, 5.41) is 16.1. The highest BCUT2D eigenvalue weighted by Gasteiger charge is 2.45. The lowest BCUT2D eigenvalue weighted by Gasteiger charge is -2.26. The van der Waals surface area contributed by atoms with Crippen LogP contribution in [0.1, 0.15) is 35.5 Å². The van der Waals surface area contributed by atoms with Gasteiger partial charge < -0.3 is 20.9 Å². The normalized spacial score (nSPS) is 18.1. The topological polar surface area (TPSA) is 115 Å². The molecule has 5 rings (SSSR count). The van der Waals surface area contributed by atoms with E-state index in [1.807, 2.05) is 30.3 Å². The molecule has 37 heavy (non-hydrogen) atoms. The Morgan fingerprint density at radius 3 is 2.51 bits per heavy atom. The van der Waals surface area contributed by atoms with E-state index in [4.69, 9.17) is 10.5 Å². The maximum Gasteiger partial charge on any atom is 0.251 e. The van der Waals surface area contributed by atoms with Crippen LogP contribution in [0.5, 0.6) is 5.75 Å². The number of primary amides is 1. The van der Waals surface area contributed by atoms with Crippen molar-refractivity contribution in [3.05, 3.63) is 95.4 Å². The first kappa shape index (κ1) is 24.4. The van der Waals surface area contributed by atoms with Crippen LogP contribution in [-0.2, 0) is 15.8 Å². The van der Waals surface area contributed by atoms with Crippen molar-refractivity contribution < 1.29 is 23.8 Å².